The quantitative estimate of drug-likeness (QED) is 0.758. The molecule has 1 aliphatic rings. The van der Waals surface area contributed by atoms with E-state index in [9.17, 15) is 13.2 Å². The Hall–Kier alpha value is -1.36. The van der Waals surface area contributed by atoms with E-state index in [2.05, 4.69) is 4.90 Å². The maximum atomic E-state index is 11.6. The molecule has 21 heavy (non-hydrogen) atoms. The number of rotatable bonds is 6. The van der Waals surface area contributed by atoms with Crippen LogP contribution in [0.3, 0.4) is 0 Å². The molecule has 0 aromatic heterocycles. The van der Waals surface area contributed by atoms with Gasteiger partial charge in [0, 0.05) is 30.1 Å². The molecule has 0 aliphatic carbocycles. The topological polar surface area (TPSA) is 54.5 Å². The van der Waals surface area contributed by atoms with Crippen LogP contribution < -0.4 is 4.90 Å². The number of carbonyl (C=O) groups excluding carboxylic acids is 1. The van der Waals surface area contributed by atoms with E-state index in [1.165, 1.54) is 5.56 Å². The van der Waals surface area contributed by atoms with E-state index < -0.39 is 9.84 Å². The van der Waals surface area contributed by atoms with Gasteiger partial charge in [0.05, 0.1) is 5.75 Å². The van der Waals surface area contributed by atoms with Crippen LogP contribution in [0, 0.1) is 0 Å². The van der Waals surface area contributed by atoms with E-state index in [1.807, 2.05) is 18.2 Å². The van der Waals surface area contributed by atoms with Crippen molar-refractivity contribution < 1.29 is 13.2 Å². The minimum Gasteiger partial charge on any atom is -0.371 e. The van der Waals surface area contributed by atoms with Crippen molar-refractivity contribution in [2.45, 2.75) is 33.1 Å². The third-order valence-electron chi connectivity index (χ3n) is 4.02. The lowest BCUT2D eigenvalue weighted by Crippen LogP contribution is -2.31. The van der Waals surface area contributed by atoms with Gasteiger partial charge in [0.1, 0.15) is 9.84 Å². The first-order valence-corrected chi connectivity index (χ1v) is 9.34. The van der Waals surface area contributed by atoms with Crippen LogP contribution in [0.15, 0.2) is 18.2 Å². The normalized spacial score (nSPS) is 14.9. The third kappa shape index (κ3) is 4.06. The minimum atomic E-state index is -2.89. The molecule has 2 rings (SSSR count). The number of hydrogen-bond acceptors (Lipinski definition) is 4. The van der Waals surface area contributed by atoms with Crippen molar-refractivity contribution in [2.24, 2.45) is 0 Å². The maximum Gasteiger partial charge on any atom is 0.159 e. The Morgan fingerprint density at radius 2 is 2.10 bits per heavy atom. The fraction of sp³-hybridized carbons (Fsp3) is 0.562. The number of ketones is 1. The first kappa shape index (κ1) is 16.0. The molecule has 5 heteroatoms. The number of fused-ring (bicyclic) bond motifs is 1. The minimum absolute atomic E-state index is 0.0870. The van der Waals surface area contributed by atoms with Gasteiger partial charge in [-0.25, -0.2) is 8.42 Å². The standard InChI is InChI=1S/C16H23NO3S/c1-3-21(19,20)11-5-10-17-9-4-6-15-12-14(13(2)18)7-8-16(15)17/h7-8,12H,3-6,9-11H2,1-2H3. The Morgan fingerprint density at radius 1 is 1.33 bits per heavy atom. The molecule has 0 unspecified atom stereocenters. The molecule has 0 amide bonds. The molecule has 0 fully saturated rings. The van der Waals surface area contributed by atoms with Crippen LogP contribution in [0.5, 0.6) is 0 Å². The highest BCUT2D eigenvalue weighted by atomic mass is 32.2. The number of benzene rings is 1. The summed E-state index contributed by atoms with van der Waals surface area (Å²) in [5.41, 5.74) is 3.11. The van der Waals surface area contributed by atoms with E-state index in [-0.39, 0.29) is 17.3 Å². The van der Waals surface area contributed by atoms with Crippen molar-refractivity contribution in [3.63, 3.8) is 0 Å². The number of anilines is 1. The molecular weight excluding hydrogens is 286 g/mol. The lowest BCUT2D eigenvalue weighted by atomic mass is 9.98. The molecule has 0 bridgehead atoms. The molecule has 0 N–H and O–H groups in total. The summed E-state index contributed by atoms with van der Waals surface area (Å²) in [6.45, 7) is 4.98. The van der Waals surface area contributed by atoms with Crippen LogP contribution in [0.4, 0.5) is 5.69 Å². The van der Waals surface area contributed by atoms with Crippen LogP contribution in [0.25, 0.3) is 0 Å². The van der Waals surface area contributed by atoms with Crippen molar-refractivity contribution in [3.8, 4) is 0 Å². The summed E-state index contributed by atoms with van der Waals surface area (Å²) >= 11 is 0. The lowest BCUT2D eigenvalue weighted by molar-refractivity contribution is 0.101. The molecule has 1 aromatic carbocycles. The van der Waals surface area contributed by atoms with Gasteiger partial charge >= 0.3 is 0 Å². The molecule has 0 saturated heterocycles. The summed E-state index contributed by atoms with van der Waals surface area (Å²) in [4.78, 5) is 13.7. The highest BCUT2D eigenvalue weighted by Gasteiger charge is 2.18. The van der Waals surface area contributed by atoms with Gasteiger partial charge in [0.25, 0.3) is 0 Å². The lowest BCUT2D eigenvalue weighted by Gasteiger charge is -2.31. The Labute approximate surface area is 127 Å². The SMILES string of the molecule is CCS(=O)(=O)CCCN1CCCc2cc(C(C)=O)ccc21. The number of carbonyl (C=O) groups is 1. The number of aryl methyl sites for hydroxylation is 1. The zero-order valence-corrected chi connectivity index (χ0v) is 13.6. The van der Waals surface area contributed by atoms with Gasteiger partial charge in [-0.05, 0) is 49.9 Å². The van der Waals surface area contributed by atoms with Gasteiger partial charge in [-0.1, -0.05) is 6.92 Å². The van der Waals surface area contributed by atoms with Crippen molar-refractivity contribution in [1.29, 1.82) is 0 Å². The Balaban J connectivity index is 2.06. The summed E-state index contributed by atoms with van der Waals surface area (Å²) in [5, 5.41) is 0. The van der Waals surface area contributed by atoms with Crippen LogP contribution in [-0.4, -0.2) is 38.8 Å². The van der Waals surface area contributed by atoms with Crippen molar-refractivity contribution in [2.75, 3.05) is 29.5 Å². The monoisotopic (exact) mass is 309 g/mol. The summed E-state index contributed by atoms with van der Waals surface area (Å²) < 4.78 is 23.1. The number of hydrogen-bond donors (Lipinski definition) is 0. The van der Waals surface area contributed by atoms with E-state index in [4.69, 9.17) is 0 Å². The molecule has 1 aliphatic heterocycles. The predicted molar refractivity (Wildman–Crippen MR) is 85.9 cm³/mol. The van der Waals surface area contributed by atoms with E-state index in [0.29, 0.717) is 6.42 Å². The van der Waals surface area contributed by atoms with Crippen LogP contribution in [0.1, 0.15) is 42.6 Å². The molecule has 0 spiro atoms. The van der Waals surface area contributed by atoms with Crippen LogP contribution in [0.2, 0.25) is 0 Å². The first-order valence-electron chi connectivity index (χ1n) is 7.52. The molecule has 1 aromatic rings. The van der Waals surface area contributed by atoms with Crippen molar-refractivity contribution >= 4 is 21.3 Å². The van der Waals surface area contributed by atoms with E-state index >= 15 is 0 Å². The summed E-state index contributed by atoms with van der Waals surface area (Å²) in [5.74, 6) is 0.552. The molecule has 116 valence electrons. The van der Waals surface area contributed by atoms with Crippen molar-refractivity contribution in [1.82, 2.24) is 0 Å². The fourth-order valence-electron chi connectivity index (χ4n) is 2.75. The molecule has 1 heterocycles. The first-order chi connectivity index (χ1) is 9.93. The van der Waals surface area contributed by atoms with Crippen molar-refractivity contribution in [3.05, 3.63) is 29.3 Å². The maximum absolute atomic E-state index is 11.6. The summed E-state index contributed by atoms with van der Waals surface area (Å²) in [6.07, 6.45) is 2.69. The largest absolute Gasteiger partial charge is 0.371 e. The second-order valence-electron chi connectivity index (χ2n) is 5.58. The van der Waals surface area contributed by atoms with Gasteiger partial charge < -0.3 is 4.90 Å². The van der Waals surface area contributed by atoms with Gasteiger partial charge in [0.2, 0.25) is 0 Å². The molecular formula is C16H23NO3S. The highest BCUT2D eigenvalue weighted by molar-refractivity contribution is 7.91. The van der Waals surface area contributed by atoms with Gasteiger partial charge in [-0.15, -0.1) is 0 Å². The molecule has 0 radical (unpaired) electrons. The smallest absolute Gasteiger partial charge is 0.159 e. The molecule has 4 nitrogen and oxygen atoms in total. The number of nitrogens with zero attached hydrogens (tertiary/aromatic N) is 1. The average molecular weight is 309 g/mol. The van der Waals surface area contributed by atoms with Crippen LogP contribution in [-0.2, 0) is 16.3 Å². The Bertz CT molecular complexity index is 622. The van der Waals surface area contributed by atoms with E-state index in [0.717, 1.165) is 37.2 Å². The zero-order valence-electron chi connectivity index (χ0n) is 12.8. The second kappa shape index (κ2) is 6.60. The number of sulfone groups is 1. The second-order valence-corrected chi connectivity index (χ2v) is 8.05. The predicted octanol–water partition coefficient (Wildman–Crippen LogP) is 2.47. The van der Waals surface area contributed by atoms with Gasteiger partial charge in [-0.2, -0.15) is 0 Å². The summed E-state index contributed by atoms with van der Waals surface area (Å²) in [6, 6.07) is 5.84. The summed E-state index contributed by atoms with van der Waals surface area (Å²) in [7, 11) is -2.89. The van der Waals surface area contributed by atoms with Gasteiger partial charge in [-0.3, -0.25) is 4.79 Å². The highest BCUT2D eigenvalue weighted by Crippen LogP contribution is 2.28. The fourth-order valence-corrected chi connectivity index (χ4v) is 3.60. The Morgan fingerprint density at radius 3 is 2.76 bits per heavy atom. The zero-order chi connectivity index (χ0) is 15.5. The van der Waals surface area contributed by atoms with Gasteiger partial charge in [0.15, 0.2) is 5.78 Å². The Kier molecular flexibility index (Phi) is 5.04. The number of Topliss-reactive ketones (excluding diaryl/α,β-unsaturated/α-hetero) is 1. The molecule has 0 atom stereocenters. The average Bonchev–Trinajstić information content (AvgIpc) is 2.46. The molecule has 0 saturated carbocycles. The van der Waals surface area contributed by atoms with Crippen LogP contribution >= 0.6 is 0 Å². The third-order valence-corrected chi connectivity index (χ3v) is 5.81. The van der Waals surface area contributed by atoms with E-state index in [1.54, 1.807) is 13.8 Å².